The van der Waals surface area contributed by atoms with E-state index in [1.165, 1.54) is 6.42 Å². The first-order valence-corrected chi connectivity index (χ1v) is 7.14. The second kappa shape index (κ2) is 5.12. The first kappa shape index (κ1) is 12.7. The summed E-state index contributed by atoms with van der Waals surface area (Å²) < 4.78 is 25.3. The Bertz CT molecular complexity index is 309. The lowest BCUT2D eigenvalue weighted by Crippen LogP contribution is -2.38. The van der Waals surface area contributed by atoms with Gasteiger partial charge in [-0.25, -0.2) is 13.1 Å². The molecule has 0 aromatic heterocycles. The first-order valence-electron chi connectivity index (χ1n) is 5.59. The summed E-state index contributed by atoms with van der Waals surface area (Å²) in [4.78, 5) is 0. The summed E-state index contributed by atoms with van der Waals surface area (Å²) in [5.74, 6) is 1.29. The van der Waals surface area contributed by atoms with Gasteiger partial charge in [-0.2, -0.15) is 0 Å². The van der Waals surface area contributed by atoms with E-state index < -0.39 is 10.0 Å². The third-order valence-electron chi connectivity index (χ3n) is 3.21. The minimum atomic E-state index is -3.25. The van der Waals surface area contributed by atoms with E-state index in [2.05, 4.69) is 25.1 Å². The highest BCUT2D eigenvalue weighted by atomic mass is 32.2. The molecule has 1 saturated carbocycles. The van der Waals surface area contributed by atoms with E-state index in [9.17, 15) is 8.42 Å². The second-order valence-corrected chi connectivity index (χ2v) is 6.36. The predicted octanol–water partition coefficient (Wildman–Crippen LogP) is 2.26. The van der Waals surface area contributed by atoms with Crippen LogP contribution in [0.4, 0.5) is 0 Å². The molecule has 1 aliphatic rings. The maximum Gasteiger partial charge on any atom is 0.233 e. The van der Waals surface area contributed by atoms with Gasteiger partial charge in [-0.1, -0.05) is 33.3 Å². The van der Waals surface area contributed by atoms with E-state index in [1.807, 2.05) is 0 Å². The van der Waals surface area contributed by atoms with Crippen LogP contribution in [0.5, 0.6) is 0 Å². The Morgan fingerprint density at radius 2 is 2.07 bits per heavy atom. The Hall–Kier alpha value is -0.350. The van der Waals surface area contributed by atoms with Crippen LogP contribution in [-0.2, 0) is 10.0 Å². The van der Waals surface area contributed by atoms with Crippen molar-refractivity contribution in [2.24, 2.45) is 11.8 Å². The lowest BCUT2D eigenvalue weighted by atomic mass is 9.80. The molecule has 2 atom stereocenters. The van der Waals surface area contributed by atoms with Gasteiger partial charge in [0.25, 0.3) is 0 Å². The van der Waals surface area contributed by atoms with Gasteiger partial charge >= 0.3 is 0 Å². The highest BCUT2D eigenvalue weighted by Crippen LogP contribution is 2.30. The van der Waals surface area contributed by atoms with Crippen LogP contribution in [0.25, 0.3) is 0 Å². The van der Waals surface area contributed by atoms with E-state index in [0.29, 0.717) is 11.8 Å². The van der Waals surface area contributed by atoms with Gasteiger partial charge in [-0.3, -0.25) is 0 Å². The van der Waals surface area contributed by atoms with Crippen LogP contribution in [-0.4, -0.2) is 14.5 Å². The third-order valence-corrected chi connectivity index (χ3v) is 4.31. The quantitative estimate of drug-likeness (QED) is 0.806. The molecule has 0 radical (unpaired) electrons. The Kier molecular flexibility index (Phi) is 4.34. The van der Waals surface area contributed by atoms with Crippen LogP contribution >= 0.6 is 0 Å². The third kappa shape index (κ3) is 3.95. The van der Waals surface area contributed by atoms with Crippen LogP contribution in [0.15, 0.2) is 12.0 Å². The molecule has 15 heavy (non-hydrogen) atoms. The van der Waals surface area contributed by atoms with Crippen molar-refractivity contribution >= 4 is 10.0 Å². The van der Waals surface area contributed by atoms with E-state index >= 15 is 0 Å². The molecule has 1 fully saturated rings. The molecule has 1 N–H and O–H groups in total. The fourth-order valence-corrected chi connectivity index (χ4v) is 3.00. The highest BCUT2D eigenvalue weighted by molar-refractivity contribution is 7.92. The predicted molar refractivity (Wildman–Crippen MR) is 62.8 cm³/mol. The lowest BCUT2D eigenvalue weighted by Gasteiger charge is -2.31. The van der Waals surface area contributed by atoms with Crippen LogP contribution in [0.3, 0.4) is 0 Å². The van der Waals surface area contributed by atoms with Gasteiger partial charge in [-0.15, -0.1) is 0 Å². The zero-order valence-corrected chi connectivity index (χ0v) is 10.4. The summed E-state index contributed by atoms with van der Waals surface area (Å²) in [5.41, 5.74) is 0. The molecule has 0 heterocycles. The fourth-order valence-electron chi connectivity index (χ4n) is 2.22. The molecule has 1 aliphatic carbocycles. The van der Waals surface area contributed by atoms with Crippen molar-refractivity contribution in [3.05, 3.63) is 12.0 Å². The molecule has 3 nitrogen and oxygen atoms in total. The summed E-state index contributed by atoms with van der Waals surface area (Å²) in [5, 5.41) is 0.992. The van der Waals surface area contributed by atoms with Crippen molar-refractivity contribution < 1.29 is 8.42 Å². The van der Waals surface area contributed by atoms with Gasteiger partial charge in [0.15, 0.2) is 0 Å². The summed E-state index contributed by atoms with van der Waals surface area (Å²) >= 11 is 0. The molecule has 1 unspecified atom stereocenters. The number of nitrogens with one attached hydrogen (secondary N) is 1. The van der Waals surface area contributed by atoms with E-state index in [1.54, 1.807) is 0 Å². The van der Waals surface area contributed by atoms with Gasteiger partial charge < -0.3 is 0 Å². The van der Waals surface area contributed by atoms with Crippen LogP contribution in [0, 0.1) is 11.8 Å². The van der Waals surface area contributed by atoms with Gasteiger partial charge in [0.05, 0.1) is 0 Å². The van der Waals surface area contributed by atoms with Gasteiger partial charge in [-0.05, 0) is 24.7 Å². The Balaban J connectivity index is 2.54. The normalized spacial score (nSPS) is 27.9. The minimum absolute atomic E-state index is 0.106. The van der Waals surface area contributed by atoms with Crippen molar-refractivity contribution in [1.29, 1.82) is 0 Å². The van der Waals surface area contributed by atoms with E-state index in [4.69, 9.17) is 0 Å². The van der Waals surface area contributed by atoms with Crippen molar-refractivity contribution in [1.82, 2.24) is 4.72 Å². The summed E-state index contributed by atoms with van der Waals surface area (Å²) in [6.45, 7) is 7.71. The summed E-state index contributed by atoms with van der Waals surface area (Å²) in [6.07, 6.45) is 4.26. The second-order valence-electron chi connectivity index (χ2n) is 4.70. The maximum atomic E-state index is 11.3. The molecule has 0 saturated heterocycles. The smallest absolute Gasteiger partial charge is 0.209 e. The number of hydrogen-bond acceptors (Lipinski definition) is 2. The molecule has 0 aliphatic heterocycles. The lowest BCUT2D eigenvalue weighted by molar-refractivity contribution is 0.246. The van der Waals surface area contributed by atoms with Crippen LogP contribution in [0.1, 0.15) is 39.5 Å². The van der Waals surface area contributed by atoms with Crippen LogP contribution < -0.4 is 4.72 Å². The van der Waals surface area contributed by atoms with Gasteiger partial charge in [0, 0.05) is 11.4 Å². The largest absolute Gasteiger partial charge is 0.233 e. The fraction of sp³-hybridized carbons (Fsp3) is 0.818. The number of rotatable bonds is 4. The first-order chi connectivity index (χ1) is 6.94. The summed E-state index contributed by atoms with van der Waals surface area (Å²) in [6, 6.07) is 0.106. The Morgan fingerprint density at radius 3 is 2.60 bits per heavy atom. The standard InChI is InChI=1S/C11H21NO2S/c1-4-15(13,14)12-11-7-5-6-10(8-11)9(2)3/h4,9-12H,1,5-8H2,2-3H3/t10?,11-/m1/s1. The van der Waals surface area contributed by atoms with Crippen molar-refractivity contribution in [2.45, 2.75) is 45.6 Å². The topological polar surface area (TPSA) is 46.2 Å². The maximum absolute atomic E-state index is 11.3. The SMILES string of the molecule is C=CS(=O)(=O)N[C@@H]1CCCC(C(C)C)C1. The molecule has 0 bridgehead atoms. The number of sulfonamides is 1. The van der Waals surface area contributed by atoms with Gasteiger partial charge in [0.1, 0.15) is 0 Å². The van der Waals surface area contributed by atoms with Gasteiger partial charge in [0.2, 0.25) is 10.0 Å². The minimum Gasteiger partial charge on any atom is -0.209 e. The molecule has 88 valence electrons. The van der Waals surface area contributed by atoms with Crippen LogP contribution in [0.2, 0.25) is 0 Å². The Morgan fingerprint density at radius 1 is 1.40 bits per heavy atom. The molecular weight excluding hydrogens is 210 g/mol. The average Bonchev–Trinajstić information content (AvgIpc) is 2.17. The van der Waals surface area contributed by atoms with Crippen molar-refractivity contribution in [2.75, 3.05) is 0 Å². The molecule has 0 amide bonds. The van der Waals surface area contributed by atoms with Crippen molar-refractivity contribution in [3.63, 3.8) is 0 Å². The van der Waals surface area contributed by atoms with E-state index in [-0.39, 0.29) is 6.04 Å². The molecule has 0 aromatic rings. The average molecular weight is 231 g/mol. The number of hydrogen-bond donors (Lipinski definition) is 1. The summed E-state index contributed by atoms with van der Waals surface area (Å²) in [7, 11) is -3.25. The zero-order valence-electron chi connectivity index (χ0n) is 9.57. The van der Waals surface area contributed by atoms with Crippen molar-refractivity contribution in [3.8, 4) is 0 Å². The zero-order chi connectivity index (χ0) is 11.5. The van der Waals surface area contributed by atoms with E-state index in [0.717, 1.165) is 24.7 Å². The molecule has 0 spiro atoms. The Labute approximate surface area is 93.0 Å². The highest BCUT2D eigenvalue weighted by Gasteiger charge is 2.26. The molecule has 1 rings (SSSR count). The molecular formula is C11H21NO2S. The molecule has 4 heteroatoms. The monoisotopic (exact) mass is 231 g/mol. The molecule has 0 aromatic carbocycles.